The normalized spacial score (nSPS) is 15.6. The maximum absolute atomic E-state index is 8.98. The Morgan fingerprint density at radius 1 is 1.62 bits per heavy atom. The van der Waals surface area contributed by atoms with Crippen LogP contribution in [0.4, 0.5) is 0 Å². The molecule has 3 heteroatoms. The molecule has 13 heavy (non-hydrogen) atoms. The van der Waals surface area contributed by atoms with Crippen molar-refractivity contribution < 1.29 is 9.52 Å². The summed E-state index contributed by atoms with van der Waals surface area (Å²) in [7, 11) is 0. The molecule has 1 rings (SSSR count). The molecule has 0 saturated carbocycles. The average Bonchev–Trinajstić information content (AvgIpc) is 2.66. The van der Waals surface area contributed by atoms with Crippen molar-refractivity contribution >= 4 is 0 Å². The van der Waals surface area contributed by atoms with E-state index in [1.807, 2.05) is 26.0 Å². The van der Waals surface area contributed by atoms with Crippen LogP contribution in [-0.4, -0.2) is 17.8 Å². The summed E-state index contributed by atoms with van der Waals surface area (Å²) in [6.45, 7) is 4.24. The highest BCUT2D eigenvalue weighted by Gasteiger charge is 2.12. The van der Waals surface area contributed by atoms with E-state index in [0.717, 1.165) is 12.2 Å². The lowest BCUT2D eigenvalue weighted by Gasteiger charge is -2.18. The first-order chi connectivity index (χ1) is 6.27. The Balaban J connectivity index is 2.45. The van der Waals surface area contributed by atoms with Gasteiger partial charge in [-0.05, 0) is 25.5 Å². The standard InChI is InChI=1S/C10H17NO2/c1-3-9(7-12)11-8(2)10-5-4-6-13-10/h4-6,8-9,11-12H,3,7H2,1-2H3/t8?,9-/m0/s1. The van der Waals surface area contributed by atoms with Gasteiger partial charge in [0.15, 0.2) is 0 Å². The van der Waals surface area contributed by atoms with Crippen LogP contribution in [0.25, 0.3) is 0 Å². The third-order valence-electron chi connectivity index (χ3n) is 2.17. The second-order valence-electron chi connectivity index (χ2n) is 3.19. The summed E-state index contributed by atoms with van der Waals surface area (Å²) in [4.78, 5) is 0. The molecule has 74 valence electrons. The summed E-state index contributed by atoms with van der Waals surface area (Å²) in [5, 5.41) is 12.3. The molecule has 3 nitrogen and oxygen atoms in total. The summed E-state index contributed by atoms with van der Waals surface area (Å²) in [5.74, 6) is 0.909. The van der Waals surface area contributed by atoms with Gasteiger partial charge in [-0.2, -0.15) is 0 Å². The minimum atomic E-state index is 0.153. The summed E-state index contributed by atoms with van der Waals surface area (Å²) >= 11 is 0. The van der Waals surface area contributed by atoms with Crippen LogP contribution in [0.2, 0.25) is 0 Å². The van der Waals surface area contributed by atoms with Crippen LogP contribution in [-0.2, 0) is 0 Å². The first-order valence-electron chi connectivity index (χ1n) is 4.68. The van der Waals surface area contributed by atoms with Gasteiger partial charge in [0.1, 0.15) is 5.76 Å². The fraction of sp³-hybridized carbons (Fsp3) is 0.600. The number of aliphatic hydroxyl groups excluding tert-OH is 1. The van der Waals surface area contributed by atoms with Crippen molar-refractivity contribution in [2.45, 2.75) is 32.4 Å². The third-order valence-corrected chi connectivity index (χ3v) is 2.17. The predicted octanol–water partition coefficient (Wildman–Crippen LogP) is 1.70. The molecule has 0 aliphatic carbocycles. The number of rotatable bonds is 5. The van der Waals surface area contributed by atoms with Crippen molar-refractivity contribution in [1.29, 1.82) is 0 Å². The lowest BCUT2D eigenvalue weighted by Crippen LogP contribution is -2.33. The van der Waals surface area contributed by atoms with Crippen LogP contribution < -0.4 is 5.32 Å². The van der Waals surface area contributed by atoms with Crippen molar-refractivity contribution in [3.05, 3.63) is 24.2 Å². The van der Waals surface area contributed by atoms with Gasteiger partial charge in [0.25, 0.3) is 0 Å². The van der Waals surface area contributed by atoms with Gasteiger partial charge in [-0.1, -0.05) is 6.92 Å². The van der Waals surface area contributed by atoms with Crippen molar-refractivity contribution in [1.82, 2.24) is 5.32 Å². The van der Waals surface area contributed by atoms with Crippen molar-refractivity contribution in [2.24, 2.45) is 0 Å². The fourth-order valence-corrected chi connectivity index (χ4v) is 1.27. The summed E-state index contributed by atoms with van der Waals surface area (Å²) in [6, 6.07) is 4.11. The van der Waals surface area contributed by atoms with Gasteiger partial charge in [-0.15, -0.1) is 0 Å². The average molecular weight is 183 g/mol. The molecule has 0 amide bonds. The molecule has 2 N–H and O–H groups in total. The Kier molecular flexibility index (Phi) is 3.99. The van der Waals surface area contributed by atoms with Crippen LogP contribution >= 0.6 is 0 Å². The molecular weight excluding hydrogens is 166 g/mol. The van der Waals surface area contributed by atoms with Crippen molar-refractivity contribution in [2.75, 3.05) is 6.61 Å². The molecule has 0 bridgehead atoms. The molecule has 0 fully saturated rings. The Morgan fingerprint density at radius 3 is 2.85 bits per heavy atom. The molecule has 0 spiro atoms. The molecule has 0 aliphatic heterocycles. The van der Waals surface area contributed by atoms with Crippen LogP contribution in [0, 0.1) is 0 Å². The molecule has 1 aromatic rings. The van der Waals surface area contributed by atoms with Gasteiger partial charge in [0.05, 0.1) is 18.9 Å². The van der Waals surface area contributed by atoms with E-state index in [9.17, 15) is 0 Å². The molecule has 1 unspecified atom stereocenters. The number of furan rings is 1. The second kappa shape index (κ2) is 5.04. The zero-order valence-corrected chi connectivity index (χ0v) is 8.16. The highest BCUT2D eigenvalue weighted by Crippen LogP contribution is 2.13. The molecule has 0 radical (unpaired) electrons. The molecule has 1 aromatic heterocycles. The van der Waals surface area contributed by atoms with E-state index in [4.69, 9.17) is 9.52 Å². The van der Waals surface area contributed by atoms with E-state index < -0.39 is 0 Å². The Morgan fingerprint density at radius 2 is 2.38 bits per heavy atom. The van der Waals surface area contributed by atoms with Gasteiger partial charge < -0.3 is 14.8 Å². The van der Waals surface area contributed by atoms with Crippen LogP contribution in [0.5, 0.6) is 0 Å². The minimum Gasteiger partial charge on any atom is -0.468 e. The highest BCUT2D eigenvalue weighted by molar-refractivity contribution is 5.03. The highest BCUT2D eigenvalue weighted by atomic mass is 16.3. The van der Waals surface area contributed by atoms with Crippen molar-refractivity contribution in [3.63, 3.8) is 0 Å². The van der Waals surface area contributed by atoms with E-state index in [1.54, 1.807) is 6.26 Å². The summed E-state index contributed by atoms with van der Waals surface area (Å²) < 4.78 is 5.24. The fourth-order valence-electron chi connectivity index (χ4n) is 1.27. The Bertz CT molecular complexity index is 217. The van der Waals surface area contributed by atoms with Gasteiger partial charge in [-0.25, -0.2) is 0 Å². The molecule has 1 heterocycles. The summed E-state index contributed by atoms with van der Waals surface area (Å²) in [6.07, 6.45) is 2.58. The molecule has 0 aromatic carbocycles. The van der Waals surface area contributed by atoms with Gasteiger partial charge in [-0.3, -0.25) is 0 Å². The van der Waals surface area contributed by atoms with Gasteiger partial charge >= 0.3 is 0 Å². The predicted molar refractivity (Wildman–Crippen MR) is 51.4 cm³/mol. The first kappa shape index (κ1) is 10.3. The van der Waals surface area contributed by atoms with Crippen LogP contribution in [0.3, 0.4) is 0 Å². The largest absolute Gasteiger partial charge is 0.468 e. The number of aliphatic hydroxyl groups is 1. The van der Waals surface area contributed by atoms with Crippen molar-refractivity contribution in [3.8, 4) is 0 Å². The number of hydrogen-bond donors (Lipinski definition) is 2. The molecular formula is C10H17NO2. The van der Waals surface area contributed by atoms with E-state index in [2.05, 4.69) is 5.32 Å². The lowest BCUT2D eigenvalue weighted by atomic mass is 10.2. The van der Waals surface area contributed by atoms with Gasteiger partial charge in [0.2, 0.25) is 0 Å². The summed E-state index contributed by atoms with van der Waals surface area (Å²) in [5.41, 5.74) is 0. The topological polar surface area (TPSA) is 45.4 Å². The maximum Gasteiger partial charge on any atom is 0.120 e. The van der Waals surface area contributed by atoms with Crippen LogP contribution in [0.15, 0.2) is 22.8 Å². The molecule has 2 atom stereocenters. The lowest BCUT2D eigenvalue weighted by molar-refractivity contribution is 0.225. The Labute approximate surface area is 78.8 Å². The smallest absolute Gasteiger partial charge is 0.120 e. The zero-order valence-electron chi connectivity index (χ0n) is 8.16. The molecule has 0 saturated heterocycles. The Hall–Kier alpha value is -0.800. The molecule has 0 aliphatic rings. The first-order valence-corrected chi connectivity index (χ1v) is 4.68. The maximum atomic E-state index is 8.98. The quantitative estimate of drug-likeness (QED) is 0.730. The van der Waals surface area contributed by atoms with E-state index in [0.29, 0.717) is 0 Å². The third kappa shape index (κ3) is 2.86. The SMILES string of the molecule is CC[C@@H](CO)NC(C)c1ccco1. The number of nitrogens with one attached hydrogen (secondary N) is 1. The van der Waals surface area contributed by atoms with E-state index in [-0.39, 0.29) is 18.7 Å². The van der Waals surface area contributed by atoms with Crippen LogP contribution in [0.1, 0.15) is 32.1 Å². The second-order valence-corrected chi connectivity index (χ2v) is 3.19. The minimum absolute atomic E-state index is 0.153. The van der Waals surface area contributed by atoms with Gasteiger partial charge in [0, 0.05) is 6.04 Å². The van der Waals surface area contributed by atoms with E-state index in [1.165, 1.54) is 0 Å². The number of hydrogen-bond acceptors (Lipinski definition) is 3. The van der Waals surface area contributed by atoms with E-state index >= 15 is 0 Å². The monoisotopic (exact) mass is 183 g/mol. The zero-order chi connectivity index (χ0) is 9.68.